The Morgan fingerprint density at radius 2 is 2.21 bits per heavy atom. The summed E-state index contributed by atoms with van der Waals surface area (Å²) >= 11 is 0. The van der Waals surface area contributed by atoms with Crippen LogP contribution in [0, 0.1) is 21.4 Å². The van der Waals surface area contributed by atoms with E-state index in [1.165, 1.54) is 0 Å². The van der Waals surface area contributed by atoms with Crippen molar-refractivity contribution in [3.8, 4) is 6.07 Å². The second-order valence-electron chi connectivity index (χ2n) is 2.60. The number of hydrogen-bond donors (Lipinski definition) is 0. The van der Waals surface area contributed by atoms with Gasteiger partial charge in [-0.3, -0.25) is 0 Å². The van der Waals surface area contributed by atoms with Gasteiger partial charge in [0, 0.05) is 4.79 Å². The van der Waals surface area contributed by atoms with Crippen molar-refractivity contribution in [2.75, 3.05) is 0 Å². The molecular weight excluding hydrogens is 184 g/mol. The summed E-state index contributed by atoms with van der Waals surface area (Å²) in [6.45, 7) is 0. The zero-order valence-electron chi connectivity index (χ0n) is 6.91. The third-order valence-corrected chi connectivity index (χ3v) is 1.83. The average molecular weight is 188 g/mol. The molecule has 0 aliphatic rings. The Kier molecular flexibility index (Phi) is 1.65. The topological polar surface area (TPSA) is 84.8 Å². The molecule has 0 amide bonds. The maximum absolute atomic E-state index is 10.5. The molecule has 0 unspecified atom stereocenters. The van der Waals surface area contributed by atoms with E-state index in [0.29, 0.717) is 15.7 Å². The van der Waals surface area contributed by atoms with Crippen molar-refractivity contribution in [3.05, 3.63) is 40.1 Å². The minimum atomic E-state index is -0.664. The molecule has 1 aromatic carbocycles. The Morgan fingerprint density at radius 3 is 2.86 bits per heavy atom. The van der Waals surface area contributed by atoms with Crippen LogP contribution < -0.4 is 0 Å². The fraction of sp³-hybridized carbons (Fsp3) is 0. The monoisotopic (exact) mass is 188 g/mol. The summed E-state index contributed by atoms with van der Waals surface area (Å²) in [5.74, 6) is 0. The molecule has 0 fully saturated rings. The maximum atomic E-state index is 10.5. The van der Waals surface area contributed by atoms with Gasteiger partial charge in [-0.15, -0.1) is 0 Å². The fourth-order valence-electron chi connectivity index (χ4n) is 1.26. The van der Waals surface area contributed by atoms with Gasteiger partial charge in [-0.25, -0.2) is 0 Å². The van der Waals surface area contributed by atoms with Gasteiger partial charge in [0.15, 0.2) is 6.07 Å². The predicted octanol–water partition coefficient (Wildman–Crippen LogP) is 0.948. The molecule has 0 radical (unpaired) electrons. The zero-order chi connectivity index (χ0) is 10.1. The maximum Gasteiger partial charge on any atom is 0.287 e. The van der Waals surface area contributed by atoms with Crippen molar-refractivity contribution in [1.82, 2.24) is 9.89 Å². The van der Waals surface area contributed by atoms with E-state index in [1.54, 1.807) is 24.3 Å². The lowest BCUT2D eigenvalue weighted by Crippen LogP contribution is -2.09. The number of rotatable bonds is 1. The van der Waals surface area contributed by atoms with E-state index in [-0.39, 0.29) is 5.69 Å². The lowest BCUT2D eigenvalue weighted by Gasteiger charge is -1.91. The lowest BCUT2D eigenvalue weighted by molar-refractivity contribution is -0.548. The molecule has 0 saturated carbocycles. The highest BCUT2D eigenvalue weighted by Crippen LogP contribution is 2.16. The van der Waals surface area contributed by atoms with E-state index >= 15 is 0 Å². The number of fused-ring (bicyclic) bond motifs is 1. The number of nitrogens with zero attached hydrogens (tertiary/aromatic N) is 4. The normalized spacial score (nSPS) is 9.93. The van der Waals surface area contributed by atoms with E-state index in [4.69, 9.17) is 5.26 Å². The number of para-hydroxylation sites is 1. The molecule has 14 heavy (non-hydrogen) atoms. The molecule has 6 heteroatoms. The van der Waals surface area contributed by atoms with E-state index in [1.807, 2.05) is 6.07 Å². The first-order valence-electron chi connectivity index (χ1n) is 3.76. The van der Waals surface area contributed by atoms with E-state index in [2.05, 4.69) is 5.10 Å². The summed E-state index contributed by atoms with van der Waals surface area (Å²) < 4.78 is 0. The van der Waals surface area contributed by atoms with E-state index < -0.39 is 5.03 Å². The molecule has 2 aromatic rings. The van der Waals surface area contributed by atoms with Gasteiger partial charge >= 0.3 is 0 Å². The van der Waals surface area contributed by atoms with Crippen LogP contribution in [-0.2, 0) is 0 Å². The van der Waals surface area contributed by atoms with Crippen molar-refractivity contribution < 1.29 is 5.03 Å². The van der Waals surface area contributed by atoms with Crippen molar-refractivity contribution in [1.29, 1.82) is 5.26 Å². The Balaban J connectivity index is 2.88. The van der Waals surface area contributed by atoms with Crippen LogP contribution in [0.3, 0.4) is 0 Å². The van der Waals surface area contributed by atoms with Crippen LogP contribution in [0.1, 0.15) is 5.69 Å². The second-order valence-corrected chi connectivity index (χ2v) is 2.60. The highest BCUT2D eigenvalue weighted by Gasteiger charge is 2.18. The summed E-state index contributed by atoms with van der Waals surface area (Å²) in [5.41, 5.74) is 0.395. The number of hydrogen-bond acceptors (Lipinski definition) is 4. The van der Waals surface area contributed by atoms with Gasteiger partial charge in [0.25, 0.3) is 5.69 Å². The van der Waals surface area contributed by atoms with Crippen LogP contribution in [0.25, 0.3) is 10.9 Å². The van der Waals surface area contributed by atoms with Gasteiger partial charge in [-0.2, -0.15) is 5.26 Å². The summed E-state index contributed by atoms with van der Waals surface area (Å²) in [5, 5.41) is 22.6. The first-order valence-corrected chi connectivity index (χ1v) is 3.76. The van der Waals surface area contributed by atoms with Crippen LogP contribution in [0.4, 0.5) is 0 Å². The van der Waals surface area contributed by atoms with Gasteiger partial charge in [0.1, 0.15) is 5.52 Å². The summed E-state index contributed by atoms with van der Waals surface area (Å²) in [6, 6.07) is 8.34. The fourth-order valence-corrected chi connectivity index (χ4v) is 1.26. The van der Waals surface area contributed by atoms with Gasteiger partial charge in [-0.1, -0.05) is 12.1 Å². The molecule has 0 spiro atoms. The number of nitro groups is 1. The van der Waals surface area contributed by atoms with Crippen molar-refractivity contribution in [2.45, 2.75) is 0 Å². The van der Waals surface area contributed by atoms with Gasteiger partial charge in [-0.05, 0) is 12.1 Å². The number of aromatic nitrogens is 2. The van der Waals surface area contributed by atoms with Crippen LogP contribution >= 0.6 is 0 Å². The number of nitriles is 1. The first-order chi connectivity index (χ1) is 6.74. The largest absolute Gasteiger partial charge is 0.339 e. The smallest absolute Gasteiger partial charge is 0.287 e. The first kappa shape index (κ1) is 8.19. The zero-order valence-corrected chi connectivity index (χ0v) is 6.91. The van der Waals surface area contributed by atoms with E-state index in [0.717, 1.165) is 0 Å². The third kappa shape index (κ3) is 0.998. The summed E-state index contributed by atoms with van der Waals surface area (Å²) in [6.07, 6.45) is 0. The van der Waals surface area contributed by atoms with Gasteiger partial charge in [0.05, 0.1) is 15.5 Å². The molecule has 6 nitrogen and oxygen atoms in total. The van der Waals surface area contributed by atoms with E-state index in [9.17, 15) is 10.1 Å². The van der Waals surface area contributed by atoms with Crippen LogP contribution in [0.2, 0.25) is 0 Å². The molecule has 0 bridgehead atoms. The minimum Gasteiger partial charge on any atom is -0.339 e. The highest BCUT2D eigenvalue weighted by molar-refractivity contribution is 5.83. The summed E-state index contributed by atoms with van der Waals surface area (Å²) in [7, 11) is 0. The van der Waals surface area contributed by atoms with Crippen molar-refractivity contribution >= 4 is 10.9 Å². The molecule has 0 aliphatic heterocycles. The Bertz CT molecular complexity index is 552. The average Bonchev–Trinajstić information content (AvgIpc) is 2.56. The van der Waals surface area contributed by atoms with Crippen LogP contribution in [-0.4, -0.2) is 14.9 Å². The SMILES string of the molecule is N#Cc1nn([N+](=O)[O-])c2ccccc12. The second kappa shape index (κ2) is 2.81. The molecular formula is C8H4N4O2. The Hall–Kier alpha value is -2.42. The molecule has 1 aromatic heterocycles. The number of benzene rings is 1. The Labute approximate surface area is 78.1 Å². The molecule has 68 valence electrons. The minimum absolute atomic E-state index is 0.0669. The van der Waals surface area contributed by atoms with Gasteiger partial charge in [0.2, 0.25) is 0 Å². The quantitative estimate of drug-likeness (QED) is 0.492. The molecule has 0 atom stereocenters. The van der Waals surface area contributed by atoms with Crippen LogP contribution in [0.5, 0.6) is 0 Å². The standard InChI is InChI=1S/C8H4N4O2/c9-5-7-6-3-1-2-4-8(6)11(10-7)12(13)14/h1-4H. The molecule has 0 N–H and O–H groups in total. The van der Waals surface area contributed by atoms with Crippen molar-refractivity contribution in [2.24, 2.45) is 0 Å². The summed E-state index contributed by atoms with van der Waals surface area (Å²) in [4.78, 5) is 11.1. The molecule has 0 aliphatic carbocycles. The Morgan fingerprint density at radius 1 is 1.50 bits per heavy atom. The van der Waals surface area contributed by atoms with Crippen LogP contribution in [0.15, 0.2) is 24.3 Å². The molecule has 0 saturated heterocycles. The third-order valence-electron chi connectivity index (χ3n) is 1.83. The van der Waals surface area contributed by atoms with Gasteiger partial charge < -0.3 is 10.1 Å². The molecule has 1 heterocycles. The lowest BCUT2D eigenvalue weighted by atomic mass is 10.2. The highest BCUT2D eigenvalue weighted by atomic mass is 16.7. The molecule has 2 rings (SSSR count). The predicted molar refractivity (Wildman–Crippen MR) is 46.8 cm³/mol. The van der Waals surface area contributed by atoms with Crippen molar-refractivity contribution in [3.63, 3.8) is 0 Å².